The van der Waals surface area contributed by atoms with E-state index in [2.05, 4.69) is 11.4 Å². The lowest BCUT2D eigenvalue weighted by molar-refractivity contribution is -0.135. The number of benzene rings is 2. The molecule has 0 bridgehead atoms. The molecule has 1 N–H and O–H groups in total. The Balaban J connectivity index is 1.79. The normalized spacial score (nSPS) is 16.3. The van der Waals surface area contributed by atoms with Crippen molar-refractivity contribution < 1.29 is 22.7 Å². The van der Waals surface area contributed by atoms with Crippen molar-refractivity contribution in [1.82, 2.24) is 10.2 Å². The Labute approximate surface area is 223 Å². The number of carbonyl (C=O) groups excluding carboxylic acids is 2. The quantitative estimate of drug-likeness (QED) is 0.485. The molecule has 1 aliphatic heterocycles. The van der Waals surface area contributed by atoms with Crippen molar-refractivity contribution in [3.63, 3.8) is 0 Å². The van der Waals surface area contributed by atoms with Crippen LogP contribution in [0.5, 0.6) is 0 Å². The van der Waals surface area contributed by atoms with Gasteiger partial charge in [-0.05, 0) is 49.1 Å². The first kappa shape index (κ1) is 28.6. The number of hydrogen-bond donors (Lipinski definition) is 1. The van der Waals surface area contributed by atoms with Gasteiger partial charge in [-0.15, -0.1) is 0 Å². The summed E-state index contributed by atoms with van der Waals surface area (Å²) in [6, 6.07) is 14.6. The summed E-state index contributed by atoms with van der Waals surface area (Å²) >= 11 is 6.04. The fourth-order valence-electron chi connectivity index (χ4n) is 4.39. The first-order chi connectivity index (χ1) is 17.6. The van der Waals surface area contributed by atoms with Gasteiger partial charge in [0.15, 0.2) is 9.84 Å². The van der Waals surface area contributed by atoms with Crippen LogP contribution in [0.1, 0.15) is 43.4 Å². The number of nitrogens with one attached hydrogen (secondary N) is 1. The van der Waals surface area contributed by atoms with Gasteiger partial charge in [0.05, 0.1) is 29.4 Å². The van der Waals surface area contributed by atoms with E-state index in [-0.39, 0.29) is 30.1 Å². The van der Waals surface area contributed by atoms with E-state index in [1.165, 1.54) is 12.1 Å². The van der Waals surface area contributed by atoms with Gasteiger partial charge in [0.2, 0.25) is 11.8 Å². The van der Waals surface area contributed by atoms with E-state index in [4.69, 9.17) is 16.3 Å². The number of nitriles is 1. The van der Waals surface area contributed by atoms with Gasteiger partial charge in [-0.3, -0.25) is 9.59 Å². The molecule has 0 aromatic heterocycles. The van der Waals surface area contributed by atoms with Crippen molar-refractivity contribution in [3.8, 4) is 6.07 Å². The van der Waals surface area contributed by atoms with Crippen molar-refractivity contribution in [3.05, 3.63) is 64.7 Å². The summed E-state index contributed by atoms with van der Waals surface area (Å²) in [5.41, 5.74) is 1.14. The van der Waals surface area contributed by atoms with E-state index < -0.39 is 33.0 Å². The molecule has 10 heteroatoms. The Kier molecular flexibility index (Phi) is 10.1. The van der Waals surface area contributed by atoms with Crippen LogP contribution in [0.2, 0.25) is 5.02 Å². The molecule has 3 atom stereocenters. The van der Waals surface area contributed by atoms with Crippen LogP contribution in [-0.4, -0.2) is 56.7 Å². The molecule has 198 valence electrons. The number of morpholine rings is 1. The van der Waals surface area contributed by atoms with Crippen molar-refractivity contribution >= 4 is 33.3 Å². The molecule has 1 saturated heterocycles. The second-order valence-electron chi connectivity index (χ2n) is 9.23. The molecular weight excluding hydrogens is 514 g/mol. The first-order valence-corrected chi connectivity index (χ1v) is 14.2. The van der Waals surface area contributed by atoms with E-state index in [0.717, 1.165) is 0 Å². The highest BCUT2D eigenvalue weighted by Gasteiger charge is 2.33. The highest BCUT2D eigenvalue weighted by Crippen LogP contribution is 2.29. The van der Waals surface area contributed by atoms with Gasteiger partial charge in [0.25, 0.3) is 0 Å². The molecule has 0 aliphatic carbocycles. The fourth-order valence-corrected chi connectivity index (χ4v) is 6.71. The molecule has 1 fully saturated rings. The van der Waals surface area contributed by atoms with Crippen molar-refractivity contribution in [2.24, 2.45) is 5.92 Å². The van der Waals surface area contributed by atoms with E-state index in [0.29, 0.717) is 42.5 Å². The zero-order chi connectivity index (χ0) is 27.0. The molecule has 1 heterocycles. The topological polar surface area (TPSA) is 117 Å². The van der Waals surface area contributed by atoms with E-state index >= 15 is 0 Å². The van der Waals surface area contributed by atoms with E-state index in [1.54, 1.807) is 49.1 Å². The number of amides is 2. The van der Waals surface area contributed by atoms with Crippen LogP contribution in [0, 0.1) is 24.2 Å². The summed E-state index contributed by atoms with van der Waals surface area (Å²) in [5, 5.41) is 11.7. The van der Waals surface area contributed by atoms with Gasteiger partial charge in [-0.25, -0.2) is 8.42 Å². The van der Waals surface area contributed by atoms with Gasteiger partial charge < -0.3 is 15.0 Å². The number of ether oxygens (including phenoxy) is 1. The summed E-state index contributed by atoms with van der Waals surface area (Å²) < 4.78 is 32.8. The summed E-state index contributed by atoms with van der Waals surface area (Å²) in [5.74, 6) is -1.28. The molecule has 2 amide bonds. The second-order valence-corrected chi connectivity index (χ2v) is 11.9. The smallest absolute Gasteiger partial charge is 0.224 e. The number of rotatable bonds is 10. The Hall–Kier alpha value is -2.93. The SMILES string of the molecule is Cc1cc(Cl)ccc1S(=O)(=O)[C@@H](CCC(=O)N1CCOCC1)C[C@H](C)C(=O)NC(C#N)c1ccccc1. The molecule has 0 spiro atoms. The largest absolute Gasteiger partial charge is 0.378 e. The minimum Gasteiger partial charge on any atom is -0.378 e. The standard InChI is InChI=1S/C27H32ClN3O5S/c1-19-16-22(28)8-10-25(19)37(34,35)23(9-11-26(32)31-12-14-36-15-13-31)17-20(2)27(33)30-24(18-29)21-6-4-3-5-7-21/h3-8,10,16,20,23-24H,9,11-15,17H2,1-2H3,(H,30,33)/t20-,23-,24?/m0/s1. The van der Waals surface area contributed by atoms with E-state index in [1.807, 2.05) is 6.07 Å². The van der Waals surface area contributed by atoms with Crippen LogP contribution < -0.4 is 5.32 Å². The molecule has 0 saturated carbocycles. The van der Waals surface area contributed by atoms with Crippen molar-refractivity contribution in [2.75, 3.05) is 26.3 Å². The van der Waals surface area contributed by atoms with Crippen LogP contribution in [0.4, 0.5) is 0 Å². The molecule has 8 nitrogen and oxygen atoms in total. The number of nitrogens with zero attached hydrogens (tertiary/aromatic N) is 2. The maximum atomic E-state index is 13.7. The van der Waals surface area contributed by atoms with Crippen molar-refractivity contribution in [2.45, 2.75) is 49.3 Å². The maximum absolute atomic E-state index is 13.7. The number of aryl methyl sites for hydroxylation is 1. The monoisotopic (exact) mass is 545 g/mol. The molecule has 2 aromatic rings. The Morgan fingerprint density at radius 3 is 2.46 bits per heavy atom. The van der Waals surface area contributed by atoms with Crippen LogP contribution in [0.25, 0.3) is 0 Å². The molecule has 1 aliphatic rings. The average molecular weight is 546 g/mol. The predicted molar refractivity (Wildman–Crippen MR) is 141 cm³/mol. The molecule has 1 unspecified atom stereocenters. The minimum atomic E-state index is -3.89. The highest BCUT2D eigenvalue weighted by atomic mass is 35.5. The van der Waals surface area contributed by atoms with Gasteiger partial charge in [-0.1, -0.05) is 48.9 Å². The molecule has 37 heavy (non-hydrogen) atoms. The molecule has 3 rings (SSSR count). The third kappa shape index (κ3) is 7.54. The Bertz CT molecular complexity index is 1240. The maximum Gasteiger partial charge on any atom is 0.224 e. The summed E-state index contributed by atoms with van der Waals surface area (Å²) in [4.78, 5) is 27.6. The Morgan fingerprint density at radius 1 is 1.16 bits per heavy atom. The number of halogens is 1. The van der Waals surface area contributed by atoms with Crippen molar-refractivity contribution in [1.29, 1.82) is 5.26 Å². The highest BCUT2D eigenvalue weighted by molar-refractivity contribution is 7.92. The molecule has 2 aromatic carbocycles. The van der Waals surface area contributed by atoms with Gasteiger partial charge in [-0.2, -0.15) is 5.26 Å². The average Bonchev–Trinajstić information content (AvgIpc) is 2.89. The zero-order valence-electron chi connectivity index (χ0n) is 21.0. The van der Waals surface area contributed by atoms with Crippen LogP contribution in [-0.2, 0) is 24.2 Å². The number of sulfone groups is 1. The van der Waals surface area contributed by atoms with Gasteiger partial charge in [0, 0.05) is 30.5 Å². The zero-order valence-corrected chi connectivity index (χ0v) is 22.6. The third-order valence-corrected chi connectivity index (χ3v) is 9.15. The summed E-state index contributed by atoms with van der Waals surface area (Å²) in [7, 11) is -3.89. The lowest BCUT2D eigenvalue weighted by Crippen LogP contribution is -2.41. The fraction of sp³-hybridized carbons (Fsp3) is 0.444. The number of carbonyl (C=O) groups is 2. The van der Waals surface area contributed by atoms with Crippen LogP contribution in [0.3, 0.4) is 0 Å². The van der Waals surface area contributed by atoms with Crippen LogP contribution in [0.15, 0.2) is 53.4 Å². The predicted octanol–water partition coefficient (Wildman–Crippen LogP) is 3.84. The first-order valence-electron chi connectivity index (χ1n) is 12.2. The lowest BCUT2D eigenvalue weighted by Gasteiger charge is -2.28. The van der Waals surface area contributed by atoms with Crippen LogP contribution >= 0.6 is 11.6 Å². The minimum absolute atomic E-state index is 0.000434. The summed E-state index contributed by atoms with van der Waals surface area (Å²) in [6.07, 6.45) is 0.105. The molecule has 0 radical (unpaired) electrons. The van der Waals surface area contributed by atoms with Gasteiger partial charge in [0.1, 0.15) is 6.04 Å². The second kappa shape index (κ2) is 13.0. The lowest BCUT2D eigenvalue weighted by atomic mass is 10.00. The van der Waals surface area contributed by atoms with Gasteiger partial charge >= 0.3 is 0 Å². The third-order valence-electron chi connectivity index (χ3n) is 6.54. The van der Waals surface area contributed by atoms with E-state index in [9.17, 15) is 23.3 Å². The summed E-state index contributed by atoms with van der Waals surface area (Å²) in [6.45, 7) is 5.16. The Morgan fingerprint density at radius 2 is 1.84 bits per heavy atom. The number of hydrogen-bond acceptors (Lipinski definition) is 6. The molecular formula is C27H32ClN3O5S.